The zero-order valence-corrected chi connectivity index (χ0v) is 40.7. The normalized spacial score (nSPS) is 23.1. The molecule has 0 spiro atoms. The van der Waals surface area contributed by atoms with E-state index in [0.29, 0.717) is 46.6 Å². The van der Waals surface area contributed by atoms with Crippen LogP contribution in [0.4, 0.5) is 9.93 Å². The number of anilines is 1. The molecule has 2 aromatic heterocycles. The number of rotatable bonds is 13. The number of likely N-dealkylation sites (N-methyl/N-ethyl adjacent to an activating group) is 1. The van der Waals surface area contributed by atoms with Gasteiger partial charge in [0.15, 0.2) is 5.13 Å². The fourth-order valence-electron chi connectivity index (χ4n) is 8.58. The summed E-state index contributed by atoms with van der Waals surface area (Å²) in [5, 5.41) is 25.7. The lowest BCUT2D eigenvalue weighted by molar-refractivity contribution is -0.145. The first kappa shape index (κ1) is 49.1. The molecule has 2 aliphatic heterocycles. The van der Waals surface area contributed by atoms with Crippen LogP contribution in [0.5, 0.6) is 11.5 Å². The lowest BCUT2D eigenvalue weighted by atomic mass is 9.87. The monoisotopic (exact) mass is 958 g/mol. The number of carboxylic acids is 1. The van der Waals surface area contributed by atoms with E-state index in [9.17, 15) is 32.7 Å². The highest BCUT2D eigenvalue weighted by Crippen LogP contribution is 2.46. The van der Waals surface area contributed by atoms with Crippen molar-refractivity contribution in [3.8, 4) is 22.9 Å². The summed E-state index contributed by atoms with van der Waals surface area (Å²) in [7, 11) is -0.866. The summed E-state index contributed by atoms with van der Waals surface area (Å²) in [6.07, 6.45) is 6.28. The second kappa shape index (κ2) is 20.2. The Morgan fingerprint density at radius 3 is 2.52 bits per heavy atom. The lowest BCUT2D eigenvalue weighted by Crippen LogP contribution is -2.59. The molecule has 4 heterocycles. The maximum atomic E-state index is 15.0. The number of fused-ring (bicyclic) bond motifs is 3. The van der Waals surface area contributed by atoms with E-state index < -0.39 is 74.9 Å². The maximum absolute atomic E-state index is 15.0. The molecule has 1 saturated heterocycles. The van der Waals surface area contributed by atoms with Crippen LogP contribution in [0.2, 0.25) is 0 Å². The molecule has 5 N–H and O–H groups in total. The minimum absolute atomic E-state index is 0.0233. The van der Waals surface area contributed by atoms with Gasteiger partial charge >= 0.3 is 12.0 Å². The molecule has 6 atom stereocenters. The minimum atomic E-state index is -3.89. The van der Waals surface area contributed by atoms with Crippen LogP contribution in [-0.2, 0) is 24.4 Å². The van der Waals surface area contributed by atoms with Crippen LogP contribution in [0.3, 0.4) is 0 Å². The summed E-state index contributed by atoms with van der Waals surface area (Å²) in [5.41, 5.74) is -0.407. The number of allylic oxidation sites excluding steroid dienone is 1. The molecule has 19 heteroatoms. The van der Waals surface area contributed by atoms with Gasteiger partial charge in [-0.15, -0.1) is 11.3 Å². The van der Waals surface area contributed by atoms with E-state index in [1.807, 2.05) is 58.2 Å². The van der Waals surface area contributed by atoms with Gasteiger partial charge in [-0.3, -0.25) is 9.59 Å². The summed E-state index contributed by atoms with van der Waals surface area (Å²) in [5.74, 6) is -1.71. The maximum Gasteiger partial charge on any atom is 0.330 e. The van der Waals surface area contributed by atoms with E-state index >= 15 is 0 Å². The standard InChI is InChI=1S/C48H62N8O9S2/c1-29(2)49-46-52-38(28-66-46)37-24-40(34-21-20-31(64-7)22-36(34)50-37)65-32-23-39-42(57)54-48(44(59)60)25-30(48)16-12-9-8-10-15-19-35(43(58)56(39)26-32)51-45(61)53-41(47(3,4)5)27-55(6)67(62,63)33-17-13-11-14-18-33/h11-14,16-18,20-22,24,28-30,32,35,39,41H,8-10,15,19,23,25-27H2,1-7H3,(H,49,52)(H,54,57)(H,59,60)(H2,51,53,61)/t30?,32-,35+,39+,41-,48-/m1/s1. The lowest BCUT2D eigenvalue weighted by Gasteiger charge is -2.35. The van der Waals surface area contributed by atoms with Crippen molar-refractivity contribution in [1.82, 2.24) is 35.1 Å². The Bertz CT molecular complexity index is 2600. The first-order valence-electron chi connectivity index (χ1n) is 22.8. The number of carboxylic acid groups (broad SMARTS) is 1. The van der Waals surface area contributed by atoms with Crippen LogP contribution < -0.4 is 30.7 Å². The first-order valence-corrected chi connectivity index (χ1v) is 25.1. The third-order valence-corrected chi connectivity index (χ3v) is 15.2. The van der Waals surface area contributed by atoms with Crippen molar-refractivity contribution in [2.24, 2.45) is 11.3 Å². The summed E-state index contributed by atoms with van der Waals surface area (Å²) >= 11 is 1.45. The highest BCUT2D eigenvalue weighted by molar-refractivity contribution is 7.89. The van der Waals surface area contributed by atoms with Gasteiger partial charge in [-0.1, -0.05) is 64.0 Å². The zero-order chi connectivity index (χ0) is 48.3. The van der Waals surface area contributed by atoms with E-state index in [1.54, 1.807) is 43.5 Å². The van der Waals surface area contributed by atoms with Crippen LogP contribution in [-0.4, -0.2) is 120 Å². The van der Waals surface area contributed by atoms with E-state index in [4.69, 9.17) is 19.4 Å². The average molecular weight is 959 g/mol. The largest absolute Gasteiger partial charge is 0.497 e. The molecule has 2 fully saturated rings. The predicted molar refractivity (Wildman–Crippen MR) is 256 cm³/mol. The fraction of sp³-hybridized carbons (Fsp3) is 0.500. The van der Waals surface area contributed by atoms with Gasteiger partial charge in [-0.2, -0.15) is 4.31 Å². The van der Waals surface area contributed by atoms with Crippen LogP contribution >= 0.6 is 11.3 Å². The number of methoxy groups -OCH3 is 1. The number of carbonyl (C=O) groups excluding carboxylic acids is 3. The van der Waals surface area contributed by atoms with Crippen LogP contribution in [0, 0.1) is 11.3 Å². The number of ether oxygens (including phenoxy) is 2. The number of sulfonamides is 1. The highest BCUT2D eigenvalue weighted by atomic mass is 32.2. The number of thiazole rings is 1. The molecule has 67 heavy (non-hydrogen) atoms. The van der Waals surface area contributed by atoms with Crippen molar-refractivity contribution in [3.05, 3.63) is 72.1 Å². The van der Waals surface area contributed by atoms with Crippen molar-refractivity contribution < 1.29 is 42.2 Å². The van der Waals surface area contributed by atoms with Gasteiger partial charge in [-0.25, -0.2) is 28.0 Å². The summed E-state index contributed by atoms with van der Waals surface area (Å²) < 4.78 is 40.5. The van der Waals surface area contributed by atoms with Crippen LogP contribution in [0.1, 0.15) is 79.6 Å². The molecule has 0 radical (unpaired) electrons. The number of hydrogen-bond donors (Lipinski definition) is 5. The number of hydrogen-bond acceptors (Lipinski definition) is 12. The Kier molecular flexibility index (Phi) is 14.8. The second-order valence-corrected chi connectivity index (χ2v) is 21.9. The van der Waals surface area contributed by atoms with Gasteiger partial charge in [0.2, 0.25) is 21.8 Å². The summed E-state index contributed by atoms with van der Waals surface area (Å²) in [6.45, 7) is 9.59. The van der Waals surface area contributed by atoms with Gasteiger partial charge in [-0.05, 0) is 69.2 Å². The van der Waals surface area contributed by atoms with E-state index in [-0.39, 0.29) is 43.3 Å². The van der Waals surface area contributed by atoms with Gasteiger partial charge in [0, 0.05) is 60.9 Å². The number of nitrogens with one attached hydrogen (secondary N) is 4. The molecule has 4 amide bonds. The number of nitrogens with zero attached hydrogens (tertiary/aromatic N) is 4. The summed E-state index contributed by atoms with van der Waals surface area (Å²) in [6, 6.07) is 11.8. The van der Waals surface area contributed by atoms with Crippen LogP contribution in [0.15, 0.2) is 77.0 Å². The van der Waals surface area contributed by atoms with Gasteiger partial charge in [0.25, 0.3) is 0 Å². The molecule has 1 aliphatic carbocycles. The van der Waals surface area contributed by atoms with Crippen molar-refractivity contribution >= 4 is 61.2 Å². The Labute approximate surface area is 396 Å². The summed E-state index contributed by atoms with van der Waals surface area (Å²) in [4.78, 5) is 67.5. The minimum Gasteiger partial charge on any atom is -0.497 e. The molecule has 0 bridgehead atoms. The fourth-order valence-corrected chi connectivity index (χ4v) is 10.6. The van der Waals surface area contributed by atoms with Gasteiger partial charge in [0.05, 0.1) is 29.8 Å². The molecule has 4 aromatic rings. The first-order chi connectivity index (χ1) is 31.8. The van der Waals surface area contributed by atoms with E-state index in [0.717, 1.165) is 18.0 Å². The van der Waals surface area contributed by atoms with Crippen LogP contribution in [0.25, 0.3) is 22.3 Å². The molecule has 1 saturated carbocycles. The Morgan fingerprint density at radius 2 is 1.82 bits per heavy atom. The molecule has 3 aliphatic rings. The Morgan fingerprint density at radius 1 is 1.06 bits per heavy atom. The number of amides is 4. The van der Waals surface area contributed by atoms with Gasteiger partial charge < -0.3 is 40.7 Å². The number of aliphatic carboxylic acids is 1. The number of aromatic nitrogens is 2. The molecular weight excluding hydrogens is 897 g/mol. The predicted octanol–water partition coefficient (Wildman–Crippen LogP) is 6.42. The number of pyridine rings is 1. The Balaban J connectivity index is 1.18. The molecule has 360 valence electrons. The molecule has 2 aromatic carbocycles. The quantitative estimate of drug-likeness (QED) is 0.0917. The average Bonchev–Trinajstić information content (AvgIpc) is 3.54. The van der Waals surface area contributed by atoms with Crippen molar-refractivity contribution in [3.63, 3.8) is 0 Å². The molecule has 1 unspecified atom stereocenters. The number of carbonyl (C=O) groups is 4. The second-order valence-electron chi connectivity index (χ2n) is 19.0. The number of urea groups is 1. The zero-order valence-electron chi connectivity index (χ0n) is 39.1. The van der Waals surface area contributed by atoms with Crippen molar-refractivity contribution in [1.29, 1.82) is 0 Å². The molecule has 7 rings (SSSR count). The number of benzene rings is 2. The van der Waals surface area contributed by atoms with Crippen molar-refractivity contribution in [2.75, 3.05) is 32.6 Å². The molecule has 17 nitrogen and oxygen atoms in total. The van der Waals surface area contributed by atoms with Gasteiger partial charge in [0.1, 0.15) is 40.9 Å². The smallest absolute Gasteiger partial charge is 0.330 e. The molecular formula is C48H62N8O9S2. The third kappa shape index (κ3) is 11.3. The van der Waals surface area contributed by atoms with Crippen molar-refractivity contribution in [2.45, 2.75) is 120 Å². The third-order valence-electron chi connectivity index (χ3n) is 12.6. The SMILES string of the molecule is COc1ccc2c(O[C@@H]3C[C@H]4C(=O)N[C@]5(C(=O)O)CC5C=CCCCCC[C@H](NC(=O)N[C@H](CN(C)S(=O)(=O)c5ccccc5)C(C)(C)C)C(=O)N4C3)cc(-c3csc(NC(C)C)n3)nc2c1. The van der Waals surface area contributed by atoms with E-state index in [1.165, 1.54) is 39.7 Å². The Hall–Kier alpha value is -5.79. The topological polar surface area (TPSA) is 221 Å². The van der Waals surface area contributed by atoms with E-state index in [2.05, 4.69) is 21.3 Å². The highest BCUT2D eigenvalue weighted by Gasteiger charge is 2.61.